The summed E-state index contributed by atoms with van der Waals surface area (Å²) in [5.41, 5.74) is 4.85. The van der Waals surface area contributed by atoms with Crippen LogP contribution in [0.15, 0.2) is 52.9 Å². The number of anilines is 1. The number of rotatable bonds is 4. The van der Waals surface area contributed by atoms with E-state index in [1.54, 1.807) is 0 Å². The monoisotopic (exact) mass is 369 g/mol. The summed E-state index contributed by atoms with van der Waals surface area (Å²) >= 11 is 0. The van der Waals surface area contributed by atoms with Gasteiger partial charge in [-0.2, -0.15) is 0 Å². The summed E-state index contributed by atoms with van der Waals surface area (Å²) < 4.78 is 5.81. The summed E-state index contributed by atoms with van der Waals surface area (Å²) in [6.07, 6.45) is 4.60. The van der Waals surface area contributed by atoms with Crippen LogP contribution in [0.5, 0.6) is 0 Å². The number of para-hydroxylation sites is 1. The highest BCUT2D eigenvalue weighted by atomic mass is 16.3. The molecule has 0 radical (unpaired) electrons. The quantitative estimate of drug-likeness (QED) is 0.524. The van der Waals surface area contributed by atoms with Crippen LogP contribution < -0.4 is 5.32 Å². The highest BCUT2D eigenvalue weighted by Gasteiger charge is 2.29. The second-order valence-electron chi connectivity index (χ2n) is 7.85. The molecule has 0 bridgehead atoms. The Bertz CT molecular complexity index is 1240. The molecule has 5 heteroatoms. The van der Waals surface area contributed by atoms with Crippen molar-refractivity contribution >= 4 is 33.6 Å². The predicted molar refractivity (Wildman–Crippen MR) is 108 cm³/mol. The minimum atomic E-state index is -0.120. The van der Waals surface area contributed by atoms with Crippen LogP contribution in [0.2, 0.25) is 0 Å². The number of pyridine rings is 1. The van der Waals surface area contributed by atoms with Crippen LogP contribution in [-0.2, 0) is 0 Å². The minimum absolute atomic E-state index is 0.120. The van der Waals surface area contributed by atoms with Gasteiger partial charge in [0.15, 0.2) is 11.5 Å². The molecule has 0 saturated heterocycles. The van der Waals surface area contributed by atoms with Crippen LogP contribution in [0, 0.1) is 0 Å². The first-order valence-corrected chi connectivity index (χ1v) is 9.86. The van der Waals surface area contributed by atoms with Crippen LogP contribution >= 0.6 is 0 Å². The maximum Gasteiger partial charge on any atom is 0.256 e. The van der Waals surface area contributed by atoms with Crippen LogP contribution in [0.3, 0.4) is 0 Å². The van der Waals surface area contributed by atoms with Gasteiger partial charge in [0.05, 0.1) is 11.1 Å². The predicted octanol–water partition coefficient (Wildman–Crippen LogP) is 5.38. The molecular formula is C23H19N3O2. The molecule has 1 amide bonds. The molecule has 28 heavy (non-hydrogen) atoms. The minimum Gasteiger partial charge on any atom is -0.440 e. The first kappa shape index (κ1) is 15.8. The number of carbonyl (C=O) groups is 1. The molecule has 2 aliphatic rings. The van der Waals surface area contributed by atoms with Crippen molar-refractivity contribution in [3.05, 3.63) is 65.7 Å². The molecule has 0 spiro atoms. The van der Waals surface area contributed by atoms with Crippen LogP contribution in [-0.4, -0.2) is 15.9 Å². The van der Waals surface area contributed by atoms with Crippen molar-refractivity contribution < 1.29 is 9.21 Å². The molecule has 0 unspecified atom stereocenters. The third-order valence-electron chi connectivity index (χ3n) is 5.56. The van der Waals surface area contributed by atoms with Crippen molar-refractivity contribution in [2.45, 2.75) is 37.5 Å². The second-order valence-corrected chi connectivity index (χ2v) is 7.85. The van der Waals surface area contributed by atoms with Crippen LogP contribution in [0.4, 0.5) is 5.69 Å². The zero-order valence-corrected chi connectivity index (χ0v) is 15.3. The number of nitrogens with one attached hydrogen (secondary N) is 1. The summed E-state index contributed by atoms with van der Waals surface area (Å²) in [5, 5.41) is 3.91. The number of carbonyl (C=O) groups excluding carboxylic acids is 1. The van der Waals surface area contributed by atoms with E-state index in [0.717, 1.165) is 65.0 Å². The van der Waals surface area contributed by atoms with Gasteiger partial charge in [-0.25, -0.2) is 4.98 Å². The Morgan fingerprint density at radius 3 is 2.57 bits per heavy atom. The average Bonchev–Trinajstić information content (AvgIpc) is 3.63. The maximum absolute atomic E-state index is 13.1. The molecule has 2 aliphatic carbocycles. The first-order valence-electron chi connectivity index (χ1n) is 9.86. The van der Waals surface area contributed by atoms with Gasteiger partial charge in [0, 0.05) is 28.6 Å². The van der Waals surface area contributed by atoms with Crippen molar-refractivity contribution in [1.82, 2.24) is 9.97 Å². The van der Waals surface area contributed by atoms with Gasteiger partial charge in [-0.3, -0.25) is 9.78 Å². The Balaban J connectivity index is 1.36. The zero-order valence-electron chi connectivity index (χ0n) is 15.3. The number of nitrogens with zero attached hydrogens (tertiary/aromatic N) is 2. The Hall–Kier alpha value is -3.21. The largest absolute Gasteiger partial charge is 0.440 e. The Kier molecular flexibility index (Phi) is 3.33. The van der Waals surface area contributed by atoms with Crippen molar-refractivity contribution in [2.75, 3.05) is 5.32 Å². The third-order valence-corrected chi connectivity index (χ3v) is 5.56. The van der Waals surface area contributed by atoms with Gasteiger partial charge in [0.2, 0.25) is 0 Å². The molecule has 2 saturated carbocycles. The maximum atomic E-state index is 13.1. The van der Waals surface area contributed by atoms with Gasteiger partial charge in [-0.05, 0) is 56.0 Å². The zero-order chi connectivity index (χ0) is 18.7. The fraction of sp³-hybridized carbons (Fsp3) is 0.261. The lowest BCUT2D eigenvalue weighted by Gasteiger charge is -2.10. The Labute approximate surface area is 161 Å². The van der Waals surface area contributed by atoms with Gasteiger partial charge in [0.1, 0.15) is 5.52 Å². The van der Waals surface area contributed by atoms with Crippen molar-refractivity contribution in [2.24, 2.45) is 0 Å². The normalized spacial score (nSPS) is 16.6. The highest BCUT2D eigenvalue weighted by molar-refractivity contribution is 6.12. The number of aromatic nitrogens is 2. The van der Waals surface area contributed by atoms with Crippen molar-refractivity contribution in [1.29, 1.82) is 0 Å². The van der Waals surface area contributed by atoms with E-state index < -0.39 is 0 Å². The van der Waals surface area contributed by atoms with Crippen molar-refractivity contribution in [3.8, 4) is 0 Å². The average molecular weight is 369 g/mol. The lowest BCUT2D eigenvalue weighted by molar-refractivity contribution is 0.102. The number of fused-ring (bicyclic) bond motifs is 2. The summed E-state index contributed by atoms with van der Waals surface area (Å²) in [6, 6.07) is 15.4. The van der Waals surface area contributed by atoms with Gasteiger partial charge < -0.3 is 9.73 Å². The first-order chi connectivity index (χ1) is 13.7. The lowest BCUT2D eigenvalue weighted by Crippen LogP contribution is -2.13. The van der Waals surface area contributed by atoms with E-state index in [-0.39, 0.29) is 5.91 Å². The summed E-state index contributed by atoms with van der Waals surface area (Å²) in [7, 11) is 0. The Morgan fingerprint density at radius 2 is 1.75 bits per heavy atom. The number of hydrogen-bond donors (Lipinski definition) is 1. The smallest absolute Gasteiger partial charge is 0.256 e. The molecule has 6 rings (SSSR count). The molecule has 2 fully saturated rings. The molecule has 4 aromatic rings. The molecule has 0 aliphatic heterocycles. The fourth-order valence-electron chi connectivity index (χ4n) is 3.70. The highest BCUT2D eigenvalue weighted by Crippen LogP contribution is 2.41. The standard InChI is InChI=1S/C23H19N3O2/c27-22(17-12-19(13-5-6-13)25-18-4-2-1-3-16(17)18)24-15-9-10-21-20(11-15)26-23(28-21)14-7-8-14/h1-4,9-14H,5-8H2,(H,24,27). The molecule has 5 nitrogen and oxygen atoms in total. The van der Waals surface area contributed by atoms with Crippen LogP contribution in [0.1, 0.15) is 59.5 Å². The number of amides is 1. The molecule has 138 valence electrons. The fourth-order valence-corrected chi connectivity index (χ4v) is 3.70. The number of hydrogen-bond acceptors (Lipinski definition) is 4. The SMILES string of the molecule is O=C(Nc1ccc2oc(C3CC3)nc2c1)c1cc(C2CC2)nc2ccccc12. The van der Waals surface area contributed by atoms with E-state index in [1.807, 2.05) is 48.5 Å². The second kappa shape index (κ2) is 5.89. The molecule has 2 aromatic carbocycles. The molecule has 1 N–H and O–H groups in total. The van der Waals surface area contributed by atoms with E-state index in [0.29, 0.717) is 17.4 Å². The molecule has 2 aromatic heterocycles. The third kappa shape index (κ3) is 2.74. The topological polar surface area (TPSA) is 68.0 Å². The van der Waals surface area contributed by atoms with Crippen molar-refractivity contribution in [3.63, 3.8) is 0 Å². The van der Waals surface area contributed by atoms with Crippen LogP contribution in [0.25, 0.3) is 22.0 Å². The van der Waals surface area contributed by atoms with Gasteiger partial charge in [0.25, 0.3) is 5.91 Å². The summed E-state index contributed by atoms with van der Waals surface area (Å²) in [6.45, 7) is 0. The molecule has 0 atom stereocenters. The van der Waals surface area contributed by atoms with E-state index in [4.69, 9.17) is 9.40 Å². The molecular weight excluding hydrogens is 350 g/mol. The molecule has 2 heterocycles. The van der Waals surface area contributed by atoms with E-state index in [2.05, 4.69) is 10.3 Å². The van der Waals surface area contributed by atoms with E-state index >= 15 is 0 Å². The lowest BCUT2D eigenvalue weighted by atomic mass is 10.1. The Morgan fingerprint density at radius 1 is 0.929 bits per heavy atom. The number of oxazole rings is 1. The van der Waals surface area contributed by atoms with E-state index in [1.165, 1.54) is 0 Å². The summed E-state index contributed by atoms with van der Waals surface area (Å²) in [4.78, 5) is 22.4. The van der Waals surface area contributed by atoms with Gasteiger partial charge >= 0.3 is 0 Å². The number of benzene rings is 2. The van der Waals surface area contributed by atoms with Gasteiger partial charge in [-0.15, -0.1) is 0 Å². The van der Waals surface area contributed by atoms with Gasteiger partial charge in [-0.1, -0.05) is 18.2 Å². The van der Waals surface area contributed by atoms with E-state index in [9.17, 15) is 4.79 Å². The summed E-state index contributed by atoms with van der Waals surface area (Å²) in [5.74, 6) is 1.65.